The molecule has 7 heteroatoms. The minimum absolute atomic E-state index is 0.221. The highest BCUT2D eigenvalue weighted by Crippen LogP contribution is 2.36. The Bertz CT molecular complexity index is 793. The molecule has 0 heterocycles. The van der Waals surface area contributed by atoms with Crippen LogP contribution in [0.4, 0.5) is 5.69 Å². The lowest BCUT2D eigenvalue weighted by Gasteiger charge is -2.13. The van der Waals surface area contributed by atoms with Crippen molar-refractivity contribution in [2.45, 2.75) is 6.92 Å². The molecule has 132 valence electrons. The van der Waals surface area contributed by atoms with Crippen molar-refractivity contribution < 1.29 is 19.1 Å². The van der Waals surface area contributed by atoms with Gasteiger partial charge in [-0.2, -0.15) is 0 Å². The first-order valence-electron chi connectivity index (χ1n) is 7.64. The van der Waals surface area contributed by atoms with Crippen molar-refractivity contribution in [2.75, 3.05) is 26.1 Å². The molecule has 0 aliphatic rings. The molecule has 0 spiro atoms. The molecule has 0 radical (unpaired) electrons. The van der Waals surface area contributed by atoms with Crippen LogP contribution in [0.1, 0.15) is 27.6 Å². The second-order valence-electron chi connectivity index (χ2n) is 5.04. The van der Waals surface area contributed by atoms with E-state index in [9.17, 15) is 9.59 Å². The van der Waals surface area contributed by atoms with Gasteiger partial charge in [-0.15, -0.1) is 0 Å². The molecule has 0 atom stereocenters. The number of ether oxygens (including phenoxy) is 2. The van der Waals surface area contributed by atoms with Crippen LogP contribution in [0, 0.1) is 0 Å². The zero-order chi connectivity index (χ0) is 18.4. The summed E-state index contributed by atoms with van der Waals surface area (Å²) in [6, 6.07) is 9.96. The number of nitrogens with one attached hydrogen (secondary N) is 2. The second kappa shape index (κ2) is 8.53. The van der Waals surface area contributed by atoms with Gasteiger partial charge in [0.05, 0.1) is 18.2 Å². The number of hydrogen-bond donors (Lipinski definition) is 2. The number of methoxy groups -OCH3 is 1. The van der Waals surface area contributed by atoms with Gasteiger partial charge >= 0.3 is 0 Å². The van der Waals surface area contributed by atoms with Crippen LogP contribution in [0.2, 0.25) is 0 Å². The molecule has 6 nitrogen and oxygen atoms in total. The summed E-state index contributed by atoms with van der Waals surface area (Å²) in [5.74, 6) is 0.460. The first-order valence-corrected chi connectivity index (χ1v) is 8.43. The quantitative estimate of drug-likeness (QED) is 0.769. The molecule has 0 unspecified atom stereocenters. The van der Waals surface area contributed by atoms with E-state index in [0.29, 0.717) is 39.4 Å². The number of amides is 2. The highest BCUT2D eigenvalue weighted by atomic mass is 79.9. The largest absolute Gasteiger partial charge is 0.493 e. The molecular weight excluding hydrogens is 388 g/mol. The molecule has 0 bridgehead atoms. The maximum atomic E-state index is 12.5. The first-order chi connectivity index (χ1) is 12.0. The van der Waals surface area contributed by atoms with Crippen LogP contribution in [-0.2, 0) is 0 Å². The summed E-state index contributed by atoms with van der Waals surface area (Å²) in [7, 11) is 3.07. The summed E-state index contributed by atoms with van der Waals surface area (Å²) in [5.41, 5.74) is 1.39. The van der Waals surface area contributed by atoms with Crippen molar-refractivity contribution in [3.8, 4) is 11.5 Å². The van der Waals surface area contributed by atoms with Gasteiger partial charge in [-0.3, -0.25) is 9.59 Å². The summed E-state index contributed by atoms with van der Waals surface area (Å²) in [4.78, 5) is 24.2. The number of anilines is 1. The molecule has 2 aromatic carbocycles. The predicted molar refractivity (Wildman–Crippen MR) is 99.6 cm³/mol. The normalized spacial score (nSPS) is 10.1. The van der Waals surface area contributed by atoms with Gasteiger partial charge in [0.25, 0.3) is 11.8 Å². The van der Waals surface area contributed by atoms with Crippen LogP contribution in [0.5, 0.6) is 11.5 Å². The Morgan fingerprint density at radius 2 is 1.88 bits per heavy atom. The van der Waals surface area contributed by atoms with E-state index in [1.54, 1.807) is 43.4 Å². The zero-order valence-corrected chi connectivity index (χ0v) is 15.8. The fourth-order valence-corrected chi connectivity index (χ4v) is 2.78. The first kappa shape index (κ1) is 18.8. The summed E-state index contributed by atoms with van der Waals surface area (Å²) in [5, 5.41) is 5.32. The van der Waals surface area contributed by atoms with Crippen molar-refractivity contribution >= 4 is 33.4 Å². The fraction of sp³-hybridized carbons (Fsp3) is 0.222. The second-order valence-corrected chi connectivity index (χ2v) is 5.89. The highest BCUT2D eigenvalue weighted by Gasteiger charge is 2.16. The van der Waals surface area contributed by atoms with Gasteiger partial charge in [-0.05, 0) is 53.2 Å². The van der Waals surface area contributed by atoms with Crippen molar-refractivity contribution in [2.24, 2.45) is 0 Å². The van der Waals surface area contributed by atoms with E-state index in [-0.39, 0.29) is 11.8 Å². The molecular formula is C18H19BrN2O4. The van der Waals surface area contributed by atoms with Crippen molar-refractivity contribution in [1.82, 2.24) is 5.32 Å². The lowest BCUT2D eigenvalue weighted by Crippen LogP contribution is -2.18. The van der Waals surface area contributed by atoms with Gasteiger partial charge in [-0.1, -0.05) is 6.07 Å². The van der Waals surface area contributed by atoms with Crippen LogP contribution in [0.15, 0.2) is 40.9 Å². The minimum Gasteiger partial charge on any atom is -0.493 e. The van der Waals surface area contributed by atoms with Gasteiger partial charge < -0.3 is 20.1 Å². The maximum Gasteiger partial charge on any atom is 0.255 e. The summed E-state index contributed by atoms with van der Waals surface area (Å²) >= 11 is 3.40. The number of carbonyl (C=O) groups excluding carboxylic acids is 2. The standard InChI is InChI=1S/C18H19BrN2O4/c1-4-25-16-14(19)9-12(10-15(16)24-3)18(23)21-13-7-5-6-11(8-13)17(22)20-2/h5-10H,4H2,1-3H3,(H,20,22)(H,21,23). The fourth-order valence-electron chi connectivity index (χ4n) is 2.22. The number of benzene rings is 2. The topological polar surface area (TPSA) is 76.7 Å². The average molecular weight is 407 g/mol. The van der Waals surface area contributed by atoms with E-state index >= 15 is 0 Å². The van der Waals surface area contributed by atoms with Crippen molar-refractivity contribution in [3.63, 3.8) is 0 Å². The molecule has 0 aliphatic heterocycles. The molecule has 25 heavy (non-hydrogen) atoms. The number of halogens is 1. The molecule has 0 aliphatic carbocycles. The van der Waals surface area contributed by atoms with E-state index in [1.807, 2.05) is 6.92 Å². The molecule has 2 rings (SSSR count). The zero-order valence-electron chi connectivity index (χ0n) is 14.2. The Morgan fingerprint density at radius 3 is 2.52 bits per heavy atom. The van der Waals surface area contributed by atoms with Gasteiger partial charge in [0.1, 0.15) is 0 Å². The molecule has 0 aromatic heterocycles. The van der Waals surface area contributed by atoms with Crippen LogP contribution in [-0.4, -0.2) is 32.6 Å². The van der Waals surface area contributed by atoms with Gasteiger partial charge in [0.2, 0.25) is 0 Å². The Labute approximate surface area is 154 Å². The third kappa shape index (κ3) is 4.51. The number of rotatable bonds is 6. The Morgan fingerprint density at radius 1 is 1.12 bits per heavy atom. The van der Waals surface area contributed by atoms with Crippen LogP contribution >= 0.6 is 15.9 Å². The minimum atomic E-state index is -0.323. The monoisotopic (exact) mass is 406 g/mol. The third-order valence-electron chi connectivity index (χ3n) is 3.39. The van der Waals surface area contributed by atoms with Crippen molar-refractivity contribution in [3.05, 3.63) is 52.0 Å². The lowest BCUT2D eigenvalue weighted by molar-refractivity contribution is 0.0961. The molecule has 0 saturated heterocycles. The predicted octanol–water partition coefficient (Wildman–Crippen LogP) is 3.47. The molecule has 2 aromatic rings. The van der Waals surface area contributed by atoms with Gasteiger partial charge in [-0.25, -0.2) is 0 Å². The molecule has 0 fully saturated rings. The van der Waals surface area contributed by atoms with E-state index in [2.05, 4.69) is 26.6 Å². The van der Waals surface area contributed by atoms with E-state index < -0.39 is 0 Å². The SMILES string of the molecule is CCOc1c(Br)cc(C(=O)Nc2cccc(C(=O)NC)c2)cc1OC. The summed E-state index contributed by atoms with van der Waals surface area (Å²) in [6.07, 6.45) is 0. The Hall–Kier alpha value is -2.54. The van der Waals surface area contributed by atoms with E-state index in [0.717, 1.165) is 0 Å². The maximum absolute atomic E-state index is 12.5. The van der Waals surface area contributed by atoms with E-state index in [1.165, 1.54) is 7.11 Å². The Kier molecular flexibility index (Phi) is 6.41. The van der Waals surface area contributed by atoms with Gasteiger partial charge in [0.15, 0.2) is 11.5 Å². The van der Waals surface area contributed by atoms with Crippen LogP contribution in [0.25, 0.3) is 0 Å². The van der Waals surface area contributed by atoms with E-state index in [4.69, 9.17) is 9.47 Å². The van der Waals surface area contributed by atoms with Crippen molar-refractivity contribution in [1.29, 1.82) is 0 Å². The van der Waals surface area contributed by atoms with Crippen LogP contribution < -0.4 is 20.1 Å². The average Bonchev–Trinajstić information content (AvgIpc) is 2.62. The molecule has 2 N–H and O–H groups in total. The molecule has 2 amide bonds. The highest BCUT2D eigenvalue weighted by molar-refractivity contribution is 9.10. The number of hydrogen-bond acceptors (Lipinski definition) is 4. The Balaban J connectivity index is 2.27. The third-order valence-corrected chi connectivity index (χ3v) is 3.98. The van der Waals surface area contributed by atoms with Gasteiger partial charge in [0, 0.05) is 23.9 Å². The molecule has 0 saturated carbocycles. The summed E-state index contributed by atoms with van der Waals surface area (Å²) in [6.45, 7) is 2.35. The smallest absolute Gasteiger partial charge is 0.255 e. The number of carbonyl (C=O) groups is 2. The summed E-state index contributed by atoms with van der Waals surface area (Å²) < 4.78 is 11.4. The lowest BCUT2D eigenvalue weighted by atomic mass is 10.1. The van der Waals surface area contributed by atoms with Crippen LogP contribution in [0.3, 0.4) is 0 Å².